The van der Waals surface area contributed by atoms with Gasteiger partial charge in [-0.15, -0.1) is 0 Å². The molecule has 0 aliphatic carbocycles. The first-order valence-corrected chi connectivity index (χ1v) is 6.04. The summed E-state index contributed by atoms with van der Waals surface area (Å²) in [5, 5.41) is 4.71. The summed E-state index contributed by atoms with van der Waals surface area (Å²) >= 11 is 14.8. The van der Waals surface area contributed by atoms with Gasteiger partial charge in [0.15, 0.2) is 0 Å². The third-order valence-electron chi connectivity index (χ3n) is 2.11. The van der Waals surface area contributed by atoms with Crippen molar-refractivity contribution in [2.45, 2.75) is 0 Å². The molecule has 1 aromatic heterocycles. The van der Waals surface area contributed by atoms with Crippen molar-refractivity contribution in [3.8, 4) is 5.69 Å². The monoisotopic (exact) mass is 333 g/mol. The quantitative estimate of drug-likeness (QED) is 0.872. The molecule has 88 valence electrons. The maximum Gasteiger partial charge on any atom is 0.295 e. The first-order valence-electron chi connectivity index (χ1n) is 4.49. The normalized spacial score (nSPS) is 10.5. The lowest BCUT2D eigenvalue weighted by Gasteiger charge is -2.07. The predicted molar refractivity (Wildman–Crippen MR) is 72.0 cm³/mol. The fourth-order valence-electron chi connectivity index (χ4n) is 1.25. The van der Waals surface area contributed by atoms with Crippen molar-refractivity contribution in [1.29, 1.82) is 0 Å². The van der Waals surface area contributed by atoms with E-state index in [0.29, 0.717) is 20.2 Å². The fraction of sp³-hybridized carbons (Fsp3) is 0. The zero-order valence-electron chi connectivity index (χ0n) is 8.32. The van der Waals surface area contributed by atoms with Gasteiger partial charge in [0.25, 0.3) is 5.56 Å². The van der Waals surface area contributed by atoms with Crippen molar-refractivity contribution in [1.82, 2.24) is 9.78 Å². The minimum Gasteiger partial charge on any atom is -0.393 e. The molecule has 0 spiro atoms. The number of nitrogen functional groups attached to an aromatic ring is 1. The lowest BCUT2D eigenvalue weighted by atomic mass is 10.3. The van der Waals surface area contributed by atoms with E-state index in [9.17, 15) is 4.79 Å². The Labute approximate surface area is 115 Å². The number of nitrogens with two attached hydrogens (primary N) is 1. The van der Waals surface area contributed by atoms with E-state index in [1.807, 2.05) is 0 Å². The summed E-state index contributed by atoms with van der Waals surface area (Å²) in [5.41, 5.74) is 5.78. The van der Waals surface area contributed by atoms with Gasteiger partial charge >= 0.3 is 0 Å². The van der Waals surface area contributed by atoms with Crippen LogP contribution in [-0.4, -0.2) is 9.78 Å². The molecule has 2 aromatic rings. The van der Waals surface area contributed by atoms with E-state index in [1.165, 1.54) is 6.20 Å². The van der Waals surface area contributed by atoms with Crippen LogP contribution in [0.4, 0.5) is 5.69 Å². The summed E-state index contributed by atoms with van der Waals surface area (Å²) in [7, 11) is 0. The third kappa shape index (κ3) is 2.31. The standard InChI is InChI=1S/C10H6BrCl2N3O/c11-6-4-15-16(10(17)9(6)14)5-1-2-7(12)8(13)3-5/h1-4H,14H2. The molecule has 0 aliphatic heterocycles. The van der Waals surface area contributed by atoms with Crippen LogP contribution in [0.25, 0.3) is 5.69 Å². The zero-order chi connectivity index (χ0) is 12.6. The number of nitrogens with zero attached hydrogens (tertiary/aromatic N) is 2. The van der Waals surface area contributed by atoms with Crippen molar-refractivity contribution < 1.29 is 0 Å². The Morgan fingerprint density at radius 3 is 2.65 bits per heavy atom. The number of rotatable bonds is 1. The van der Waals surface area contributed by atoms with Crippen LogP contribution >= 0.6 is 39.1 Å². The Balaban J connectivity index is 2.65. The second-order valence-electron chi connectivity index (χ2n) is 3.22. The van der Waals surface area contributed by atoms with Crippen LogP contribution in [0.2, 0.25) is 10.0 Å². The van der Waals surface area contributed by atoms with Gasteiger partial charge in [0.1, 0.15) is 5.69 Å². The van der Waals surface area contributed by atoms with E-state index in [1.54, 1.807) is 18.2 Å². The molecule has 0 unspecified atom stereocenters. The predicted octanol–water partition coefficient (Wildman–Crippen LogP) is 2.88. The van der Waals surface area contributed by atoms with Crippen molar-refractivity contribution in [2.75, 3.05) is 5.73 Å². The molecule has 2 N–H and O–H groups in total. The van der Waals surface area contributed by atoms with Gasteiger partial charge in [-0.1, -0.05) is 23.2 Å². The molecule has 0 saturated carbocycles. The van der Waals surface area contributed by atoms with Gasteiger partial charge in [0.2, 0.25) is 0 Å². The molecule has 1 aromatic carbocycles. The van der Waals surface area contributed by atoms with Gasteiger partial charge in [-0.2, -0.15) is 9.78 Å². The van der Waals surface area contributed by atoms with Gasteiger partial charge in [-0.25, -0.2) is 0 Å². The molecule has 4 nitrogen and oxygen atoms in total. The molecular formula is C10H6BrCl2N3O. The van der Waals surface area contributed by atoms with Gasteiger partial charge in [0, 0.05) is 0 Å². The first kappa shape index (κ1) is 12.4. The van der Waals surface area contributed by atoms with Crippen LogP contribution < -0.4 is 11.3 Å². The summed E-state index contributed by atoms with van der Waals surface area (Å²) in [6.45, 7) is 0. The summed E-state index contributed by atoms with van der Waals surface area (Å²) in [6.07, 6.45) is 1.44. The Bertz CT molecular complexity index is 642. The highest BCUT2D eigenvalue weighted by Crippen LogP contribution is 2.24. The number of hydrogen-bond acceptors (Lipinski definition) is 3. The SMILES string of the molecule is Nc1c(Br)cnn(-c2ccc(Cl)c(Cl)c2)c1=O. The molecule has 0 aliphatic rings. The van der Waals surface area contributed by atoms with E-state index in [0.717, 1.165) is 4.68 Å². The minimum atomic E-state index is -0.419. The van der Waals surface area contributed by atoms with Crippen LogP contribution in [0.1, 0.15) is 0 Å². The summed E-state index contributed by atoms with van der Waals surface area (Å²) in [6, 6.07) is 4.77. The van der Waals surface area contributed by atoms with E-state index in [4.69, 9.17) is 28.9 Å². The number of hydrogen-bond donors (Lipinski definition) is 1. The summed E-state index contributed by atoms with van der Waals surface area (Å²) in [4.78, 5) is 11.9. The highest BCUT2D eigenvalue weighted by Gasteiger charge is 2.09. The largest absolute Gasteiger partial charge is 0.393 e. The topological polar surface area (TPSA) is 60.9 Å². The molecule has 0 atom stereocenters. The molecular weight excluding hydrogens is 329 g/mol. The summed E-state index contributed by atoms with van der Waals surface area (Å²) in [5.74, 6) is 0. The lowest BCUT2D eigenvalue weighted by Crippen LogP contribution is -2.24. The molecule has 0 bridgehead atoms. The second kappa shape index (κ2) is 4.68. The van der Waals surface area contributed by atoms with Gasteiger partial charge in [0.05, 0.1) is 26.4 Å². The Kier molecular flexibility index (Phi) is 3.42. The molecule has 7 heteroatoms. The molecule has 0 fully saturated rings. The highest BCUT2D eigenvalue weighted by atomic mass is 79.9. The van der Waals surface area contributed by atoms with Crippen molar-refractivity contribution in [2.24, 2.45) is 0 Å². The molecule has 1 heterocycles. The van der Waals surface area contributed by atoms with Gasteiger partial charge < -0.3 is 5.73 Å². The lowest BCUT2D eigenvalue weighted by molar-refractivity contribution is 0.807. The zero-order valence-corrected chi connectivity index (χ0v) is 11.4. The fourth-order valence-corrected chi connectivity index (χ4v) is 1.80. The highest BCUT2D eigenvalue weighted by molar-refractivity contribution is 9.10. The molecule has 0 amide bonds. The molecule has 0 radical (unpaired) electrons. The number of anilines is 1. The number of aromatic nitrogens is 2. The average molecular weight is 335 g/mol. The average Bonchev–Trinajstić information content (AvgIpc) is 2.30. The smallest absolute Gasteiger partial charge is 0.295 e. The minimum absolute atomic E-state index is 0.0890. The Hall–Kier alpha value is -1.04. The molecule has 2 rings (SSSR count). The van der Waals surface area contributed by atoms with Crippen LogP contribution in [0.3, 0.4) is 0 Å². The van der Waals surface area contributed by atoms with Crippen LogP contribution in [0, 0.1) is 0 Å². The maximum absolute atomic E-state index is 11.9. The van der Waals surface area contributed by atoms with E-state index in [-0.39, 0.29) is 5.69 Å². The maximum atomic E-state index is 11.9. The van der Waals surface area contributed by atoms with Crippen molar-refractivity contribution in [3.63, 3.8) is 0 Å². The van der Waals surface area contributed by atoms with E-state index >= 15 is 0 Å². The summed E-state index contributed by atoms with van der Waals surface area (Å²) < 4.78 is 1.61. The third-order valence-corrected chi connectivity index (χ3v) is 3.49. The van der Waals surface area contributed by atoms with Crippen LogP contribution in [0.5, 0.6) is 0 Å². The Morgan fingerprint density at radius 2 is 2.00 bits per heavy atom. The number of halogens is 3. The number of benzene rings is 1. The van der Waals surface area contributed by atoms with Crippen LogP contribution in [0.15, 0.2) is 33.7 Å². The second-order valence-corrected chi connectivity index (χ2v) is 4.89. The molecule has 17 heavy (non-hydrogen) atoms. The van der Waals surface area contributed by atoms with Crippen LogP contribution in [-0.2, 0) is 0 Å². The molecule has 0 saturated heterocycles. The van der Waals surface area contributed by atoms with Crippen molar-refractivity contribution in [3.05, 3.63) is 49.3 Å². The van der Waals surface area contributed by atoms with E-state index in [2.05, 4.69) is 21.0 Å². The van der Waals surface area contributed by atoms with Crippen molar-refractivity contribution >= 4 is 44.8 Å². The van der Waals surface area contributed by atoms with E-state index < -0.39 is 5.56 Å². The van der Waals surface area contributed by atoms with Gasteiger partial charge in [-0.05, 0) is 34.1 Å². The first-order chi connectivity index (χ1) is 8.00. The van der Waals surface area contributed by atoms with Gasteiger partial charge in [-0.3, -0.25) is 4.79 Å². The Morgan fingerprint density at radius 1 is 1.29 bits per heavy atom.